The van der Waals surface area contributed by atoms with Crippen LogP contribution in [-0.2, 0) is 11.2 Å². The number of aromatic nitrogens is 2. The van der Waals surface area contributed by atoms with Crippen molar-refractivity contribution in [1.29, 1.82) is 0 Å². The Labute approximate surface area is 225 Å². The summed E-state index contributed by atoms with van der Waals surface area (Å²) in [6.45, 7) is 12.4. The van der Waals surface area contributed by atoms with E-state index in [9.17, 15) is 4.79 Å². The Morgan fingerprint density at radius 2 is 1.78 bits per heavy atom. The molecule has 0 atom stereocenters. The number of hydrogen-bond donors (Lipinski definition) is 0. The van der Waals surface area contributed by atoms with E-state index in [-0.39, 0.29) is 5.91 Å². The fraction of sp³-hybridized carbons (Fsp3) is 0.433. The van der Waals surface area contributed by atoms with Crippen LogP contribution >= 0.6 is 11.5 Å². The van der Waals surface area contributed by atoms with Crippen molar-refractivity contribution in [3.8, 4) is 0 Å². The van der Waals surface area contributed by atoms with Gasteiger partial charge < -0.3 is 9.80 Å². The Morgan fingerprint density at radius 1 is 1.05 bits per heavy atom. The maximum atomic E-state index is 13.0. The average Bonchev–Trinajstić information content (AvgIpc) is 3.37. The van der Waals surface area contributed by atoms with Crippen LogP contribution in [0.4, 0.5) is 5.13 Å². The van der Waals surface area contributed by atoms with E-state index in [4.69, 9.17) is 4.98 Å². The van der Waals surface area contributed by atoms with Gasteiger partial charge in [0, 0.05) is 70.2 Å². The second kappa shape index (κ2) is 13.5. The first-order valence-electron chi connectivity index (χ1n) is 13.3. The largest absolute Gasteiger partial charge is 0.346 e. The zero-order valence-corrected chi connectivity index (χ0v) is 23.2. The molecule has 37 heavy (non-hydrogen) atoms. The molecule has 1 aliphatic rings. The molecule has 6 nitrogen and oxygen atoms in total. The van der Waals surface area contributed by atoms with Gasteiger partial charge in [0.05, 0.1) is 0 Å². The molecule has 0 N–H and O–H groups in total. The highest BCUT2D eigenvalue weighted by atomic mass is 32.1. The third-order valence-corrected chi connectivity index (χ3v) is 7.41. The van der Waals surface area contributed by atoms with E-state index in [1.165, 1.54) is 28.2 Å². The molecule has 1 aromatic heterocycles. The number of rotatable bonds is 11. The van der Waals surface area contributed by atoms with Crippen molar-refractivity contribution in [2.24, 2.45) is 5.92 Å². The van der Waals surface area contributed by atoms with Crippen molar-refractivity contribution in [2.45, 2.75) is 33.6 Å². The molecule has 0 radical (unpaired) electrons. The van der Waals surface area contributed by atoms with Gasteiger partial charge in [0.15, 0.2) is 0 Å². The van der Waals surface area contributed by atoms with Gasteiger partial charge in [0.25, 0.3) is 0 Å². The van der Waals surface area contributed by atoms with Crippen LogP contribution in [-0.4, -0.2) is 70.9 Å². The monoisotopic (exact) mass is 517 g/mol. The molecule has 0 bridgehead atoms. The van der Waals surface area contributed by atoms with Crippen molar-refractivity contribution in [2.75, 3.05) is 50.7 Å². The van der Waals surface area contributed by atoms with Crippen molar-refractivity contribution in [1.82, 2.24) is 19.2 Å². The molecule has 0 unspecified atom stereocenters. The highest BCUT2D eigenvalue weighted by Crippen LogP contribution is 2.21. The lowest BCUT2D eigenvalue weighted by Gasteiger charge is -2.34. The van der Waals surface area contributed by atoms with Gasteiger partial charge in [-0.05, 0) is 24.0 Å². The van der Waals surface area contributed by atoms with Gasteiger partial charge >= 0.3 is 0 Å². The summed E-state index contributed by atoms with van der Waals surface area (Å²) in [7, 11) is 0. The van der Waals surface area contributed by atoms with E-state index in [0.29, 0.717) is 18.9 Å². The van der Waals surface area contributed by atoms with Crippen LogP contribution in [0.15, 0.2) is 60.7 Å². The van der Waals surface area contributed by atoms with Crippen molar-refractivity contribution >= 4 is 28.6 Å². The van der Waals surface area contributed by atoms with E-state index in [2.05, 4.69) is 95.6 Å². The number of benzene rings is 2. The minimum Gasteiger partial charge on any atom is -0.346 e. The number of aryl methyl sites for hydroxylation is 1. The van der Waals surface area contributed by atoms with Crippen LogP contribution in [0.1, 0.15) is 42.8 Å². The lowest BCUT2D eigenvalue weighted by molar-refractivity contribution is -0.132. The Balaban J connectivity index is 1.25. The molecule has 7 heteroatoms. The molecule has 2 heterocycles. The Hall–Kier alpha value is -3.03. The number of hydrogen-bond acceptors (Lipinski definition) is 6. The molecule has 1 amide bonds. The summed E-state index contributed by atoms with van der Waals surface area (Å²) >= 11 is 1.44. The van der Waals surface area contributed by atoms with Crippen molar-refractivity contribution in [3.63, 3.8) is 0 Å². The number of nitrogens with zero attached hydrogens (tertiary/aromatic N) is 5. The smallest absolute Gasteiger partial charge is 0.224 e. The minimum atomic E-state index is 0.234. The molecule has 0 spiro atoms. The maximum absolute atomic E-state index is 13.0. The Kier molecular flexibility index (Phi) is 9.85. The lowest BCUT2D eigenvalue weighted by Crippen LogP contribution is -2.49. The summed E-state index contributed by atoms with van der Waals surface area (Å²) in [4.78, 5) is 24.5. The van der Waals surface area contributed by atoms with Crippen molar-refractivity contribution in [3.05, 3.63) is 83.2 Å². The van der Waals surface area contributed by atoms with E-state index < -0.39 is 0 Å². The van der Waals surface area contributed by atoms with Gasteiger partial charge in [0.1, 0.15) is 5.82 Å². The zero-order chi connectivity index (χ0) is 26.0. The summed E-state index contributed by atoms with van der Waals surface area (Å²) in [5.74, 6) is 1.56. The SMILES string of the molecule is Cc1ccc(Cc2nsc(N(CCC(=O)N3CCN(C/C=C/c4ccccc4)CC3)CC(C)C)n2)cc1. The van der Waals surface area contributed by atoms with E-state index >= 15 is 0 Å². The molecule has 0 aliphatic carbocycles. The van der Waals surface area contributed by atoms with Gasteiger partial charge in [-0.1, -0.05) is 86.2 Å². The van der Waals surface area contributed by atoms with Gasteiger partial charge in [-0.2, -0.15) is 4.37 Å². The van der Waals surface area contributed by atoms with E-state index in [1.54, 1.807) is 0 Å². The number of amides is 1. The molecule has 2 aromatic carbocycles. The number of carbonyl (C=O) groups is 1. The standard InChI is InChI=1S/C30H39N5OS/c1-24(2)23-35(30-31-28(32-37-30)22-27-13-11-25(3)12-14-27)17-15-29(36)34-20-18-33(19-21-34)16-7-10-26-8-5-4-6-9-26/h4-14,24H,15-23H2,1-3H3/b10-7+. The Bertz CT molecular complexity index is 1130. The third kappa shape index (κ3) is 8.51. The first-order valence-corrected chi connectivity index (χ1v) is 14.1. The van der Waals surface area contributed by atoms with Crippen LogP contribution < -0.4 is 4.90 Å². The fourth-order valence-electron chi connectivity index (χ4n) is 4.51. The molecule has 4 rings (SSSR count). The van der Waals surface area contributed by atoms with Gasteiger partial charge in [-0.3, -0.25) is 9.69 Å². The van der Waals surface area contributed by atoms with Gasteiger partial charge in [0.2, 0.25) is 11.0 Å². The second-order valence-electron chi connectivity index (χ2n) is 10.2. The molecular formula is C30H39N5OS. The number of carbonyl (C=O) groups excluding carboxylic acids is 1. The first kappa shape index (κ1) is 27.0. The number of piperazine rings is 1. The van der Waals surface area contributed by atoms with E-state index in [0.717, 1.165) is 56.6 Å². The van der Waals surface area contributed by atoms with Gasteiger partial charge in [-0.25, -0.2) is 4.98 Å². The topological polar surface area (TPSA) is 52.6 Å². The normalized spacial score (nSPS) is 14.5. The van der Waals surface area contributed by atoms with Crippen LogP contribution in [0.2, 0.25) is 0 Å². The maximum Gasteiger partial charge on any atom is 0.224 e. The number of anilines is 1. The molecule has 1 fully saturated rings. The summed E-state index contributed by atoms with van der Waals surface area (Å²) in [6, 6.07) is 18.9. The van der Waals surface area contributed by atoms with Gasteiger partial charge in [-0.15, -0.1) is 0 Å². The molecule has 3 aromatic rings. The van der Waals surface area contributed by atoms with Crippen LogP contribution in [0.3, 0.4) is 0 Å². The third-order valence-electron chi connectivity index (χ3n) is 6.59. The molecule has 196 valence electrons. The zero-order valence-electron chi connectivity index (χ0n) is 22.3. The summed E-state index contributed by atoms with van der Waals surface area (Å²) in [6.07, 6.45) is 5.62. The summed E-state index contributed by atoms with van der Waals surface area (Å²) in [5.41, 5.74) is 3.69. The molecule has 1 saturated heterocycles. The molecular weight excluding hydrogens is 478 g/mol. The first-order chi connectivity index (χ1) is 18.0. The predicted octanol–water partition coefficient (Wildman–Crippen LogP) is 5.15. The Morgan fingerprint density at radius 3 is 2.49 bits per heavy atom. The fourth-order valence-corrected chi connectivity index (χ4v) is 5.23. The predicted molar refractivity (Wildman–Crippen MR) is 154 cm³/mol. The highest BCUT2D eigenvalue weighted by Gasteiger charge is 2.22. The molecule has 1 aliphatic heterocycles. The quantitative estimate of drug-likeness (QED) is 0.352. The molecule has 0 saturated carbocycles. The van der Waals surface area contributed by atoms with Crippen LogP contribution in [0, 0.1) is 12.8 Å². The summed E-state index contributed by atoms with van der Waals surface area (Å²) in [5, 5.41) is 0.915. The summed E-state index contributed by atoms with van der Waals surface area (Å²) < 4.78 is 4.61. The minimum absolute atomic E-state index is 0.234. The van der Waals surface area contributed by atoms with E-state index in [1.807, 2.05) is 11.0 Å². The highest BCUT2D eigenvalue weighted by molar-refractivity contribution is 7.09. The van der Waals surface area contributed by atoms with Crippen LogP contribution in [0.25, 0.3) is 6.08 Å². The van der Waals surface area contributed by atoms with Crippen molar-refractivity contribution < 1.29 is 4.79 Å². The lowest BCUT2D eigenvalue weighted by atomic mass is 10.1. The second-order valence-corrected chi connectivity index (χ2v) is 11.0. The van der Waals surface area contributed by atoms with Crippen LogP contribution in [0.5, 0.6) is 0 Å². The average molecular weight is 518 g/mol.